The number of aromatic nitrogens is 6. The van der Waals surface area contributed by atoms with Crippen LogP contribution in [0.25, 0.3) is 22.6 Å². The molecule has 0 atom stereocenters. The lowest BCUT2D eigenvalue weighted by atomic mass is 10.2. The SMILES string of the molecule is CCCCn1c(=O)n(CCCCc2noc(-c3ccc(O)c(OC)c3)n2)c(=O)c2[nH]c(Cl)nc21. The fourth-order valence-electron chi connectivity index (χ4n) is 3.69. The van der Waals surface area contributed by atoms with Gasteiger partial charge in [0.2, 0.25) is 5.28 Å². The molecule has 4 rings (SSSR count). The second kappa shape index (κ2) is 10.1. The Hall–Kier alpha value is -3.60. The summed E-state index contributed by atoms with van der Waals surface area (Å²) in [4.78, 5) is 37.1. The lowest BCUT2D eigenvalue weighted by Crippen LogP contribution is -2.40. The highest BCUT2D eigenvalue weighted by Crippen LogP contribution is 2.30. The van der Waals surface area contributed by atoms with Gasteiger partial charge in [-0.25, -0.2) is 4.79 Å². The minimum absolute atomic E-state index is 0.0191. The molecule has 0 saturated carbocycles. The van der Waals surface area contributed by atoms with Crippen molar-refractivity contribution >= 4 is 22.8 Å². The van der Waals surface area contributed by atoms with Gasteiger partial charge in [-0.05, 0) is 49.1 Å². The molecule has 0 unspecified atom stereocenters. The first-order valence-electron chi connectivity index (χ1n) is 11.0. The van der Waals surface area contributed by atoms with Crippen LogP contribution in [0.15, 0.2) is 32.3 Å². The number of rotatable bonds is 10. The van der Waals surface area contributed by atoms with Gasteiger partial charge >= 0.3 is 5.69 Å². The van der Waals surface area contributed by atoms with Crippen LogP contribution in [-0.4, -0.2) is 41.5 Å². The first-order valence-corrected chi connectivity index (χ1v) is 11.4. The van der Waals surface area contributed by atoms with E-state index in [1.807, 2.05) is 6.92 Å². The van der Waals surface area contributed by atoms with Crippen molar-refractivity contribution < 1.29 is 14.4 Å². The summed E-state index contributed by atoms with van der Waals surface area (Å²) in [5.41, 5.74) is 0.314. The van der Waals surface area contributed by atoms with E-state index < -0.39 is 11.2 Å². The van der Waals surface area contributed by atoms with Gasteiger partial charge in [-0.15, -0.1) is 0 Å². The smallest absolute Gasteiger partial charge is 0.332 e. The minimum Gasteiger partial charge on any atom is -0.504 e. The molecular weight excluding hydrogens is 464 g/mol. The Balaban J connectivity index is 1.45. The number of fused-ring (bicyclic) bond motifs is 1. The van der Waals surface area contributed by atoms with E-state index in [0.29, 0.717) is 48.8 Å². The molecule has 0 spiro atoms. The van der Waals surface area contributed by atoms with Gasteiger partial charge in [0, 0.05) is 25.1 Å². The number of nitrogens with one attached hydrogen (secondary N) is 1. The molecule has 0 saturated heterocycles. The third-order valence-electron chi connectivity index (χ3n) is 5.49. The van der Waals surface area contributed by atoms with Crippen LogP contribution in [0.3, 0.4) is 0 Å². The van der Waals surface area contributed by atoms with Crippen molar-refractivity contribution in [2.45, 2.75) is 52.1 Å². The third-order valence-corrected chi connectivity index (χ3v) is 5.67. The molecule has 0 aliphatic heterocycles. The van der Waals surface area contributed by atoms with E-state index in [9.17, 15) is 14.7 Å². The summed E-state index contributed by atoms with van der Waals surface area (Å²) in [7, 11) is 1.46. The number of phenols is 1. The fourth-order valence-corrected chi connectivity index (χ4v) is 3.86. The van der Waals surface area contributed by atoms with Crippen LogP contribution in [0.1, 0.15) is 38.4 Å². The highest BCUT2D eigenvalue weighted by atomic mass is 35.5. The predicted molar refractivity (Wildman–Crippen MR) is 125 cm³/mol. The van der Waals surface area contributed by atoms with Crippen molar-refractivity contribution in [1.29, 1.82) is 0 Å². The maximum Gasteiger partial charge on any atom is 0.332 e. The van der Waals surface area contributed by atoms with Crippen molar-refractivity contribution in [1.82, 2.24) is 29.2 Å². The number of halogens is 1. The molecular formula is C22H25ClN6O5. The Labute approximate surface area is 199 Å². The summed E-state index contributed by atoms with van der Waals surface area (Å²) in [6, 6.07) is 4.76. The highest BCUT2D eigenvalue weighted by molar-refractivity contribution is 6.28. The van der Waals surface area contributed by atoms with Crippen LogP contribution < -0.4 is 16.0 Å². The van der Waals surface area contributed by atoms with Crippen molar-refractivity contribution in [3.8, 4) is 23.0 Å². The Morgan fingerprint density at radius 3 is 2.71 bits per heavy atom. The number of hydrogen-bond acceptors (Lipinski definition) is 8. The number of methoxy groups -OCH3 is 1. The monoisotopic (exact) mass is 488 g/mol. The summed E-state index contributed by atoms with van der Waals surface area (Å²) < 4.78 is 13.1. The van der Waals surface area contributed by atoms with Crippen LogP contribution in [0.4, 0.5) is 0 Å². The Morgan fingerprint density at radius 2 is 1.94 bits per heavy atom. The van der Waals surface area contributed by atoms with E-state index in [1.54, 1.807) is 12.1 Å². The molecule has 34 heavy (non-hydrogen) atoms. The number of phenolic OH excluding ortho intramolecular Hbond substituents is 1. The maximum absolute atomic E-state index is 13.0. The van der Waals surface area contributed by atoms with Gasteiger partial charge in [0.25, 0.3) is 11.4 Å². The van der Waals surface area contributed by atoms with Crippen molar-refractivity contribution in [3.05, 3.63) is 50.1 Å². The molecule has 3 heterocycles. The number of hydrogen-bond donors (Lipinski definition) is 2. The molecule has 0 fully saturated rings. The molecule has 0 amide bonds. The van der Waals surface area contributed by atoms with E-state index >= 15 is 0 Å². The van der Waals surface area contributed by atoms with Crippen LogP contribution in [0.2, 0.25) is 5.28 Å². The van der Waals surface area contributed by atoms with Crippen molar-refractivity contribution in [2.24, 2.45) is 0 Å². The van der Waals surface area contributed by atoms with Crippen LogP contribution in [0, 0.1) is 0 Å². The number of benzene rings is 1. The number of unbranched alkanes of at least 4 members (excludes halogenated alkanes) is 2. The molecule has 0 aliphatic rings. The maximum atomic E-state index is 13.0. The summed E-state index contributed by atoms with van der Waals surface area (Å²) in [6.45, 7) is 2.73. The van der Waals surface area contributed by atoms with Gasteiger partial charge in [0.1, 0.15) is 0 Å². The number of aromatic amines is 1. The second-order valence-electron chi connectivity index (χ2n) is 7.83. The molecule has 2 N–H and O–H groups in total. The van der Waals surface area contributed by atoms with Crippen molar-refractivity contribution in [2.75, 3.05) is 7.11 Å². The zero-order valence-corrected chi connectivity index (χ0v) is 19.6. The molecule has 180 valence electrons. The summed E-state index contributed by atoms with van der Waals surface area (Å²) in [5, 5.41) is 13.8. The molecule has 3 aromatic heterocycles. The molecule has 12 heteroatoms. The number of aromatic hydroxyl groups is 1. The van der Waals surface area contributed by atoms with E-state index in [1.165, 1.54) is 22.3 Å². The van der Waals surface area contributed by atoms with E-state index in [2.05, 4.69) is 20.1 Å². The quantitative estimate of drug-likeness (QED) is 0.256. The average Bonchev–Trinajstić information content (AvgIpc) is 3.45. The standard InChI is InChI=1S/C22H25ClN6O5/c1-3-4-10-28-18-17(25-21(23)26-18)20(31)29(22(28)32)11-6-5-7-16-24-19(34-27-16)13-8-9-14(30)15(12-13)33-2/h8-9,12,30H,3-7,10-11H2,1-2H3,(H,25,26). The number of imidazole rings is 1. The lowest BCUT2D eigenvalue weighted by molar-refractivity contribution is 0.373. The Bertz CT molecular complexity index is 1420. The third kappa shape index (κ3) is 4.69. The van der Waals surface area contributed by atoms with Gasteiger partial charge in [-0.2, -0.15) is 9.97 Å². The number of aryl methyl sites for hydroxylation is 2. The average molecular weight is 489 g/mol. The summed E-state index contributed by atoms with van der Waals surface area (Å²) in [6.07, 6.45) is 3.39. The van der Waals surface area contributed by atoms with E-state index in [4.69, 9.17) is 20.9 Å². The van der Waals surface area contributed by atoms with Gasteiger partial charge in [-0.1, -0.05) is 18.5 Å². The zero-order valence-electron chi connectivity index (χ0n) is 18.9. The van der Waals surface area contributed by atoms with Crippen LogP contribution in [-0.2, 0) is 19.5 Å². The molecule has 0 aliphatic carbocycles. The topological polar surface area (TPSA) is 141 Å². The first kappa shape index (κ1) is 23.6. The number of H-pyrrole nitrogens is 1. The van der Waals surface area contributed by atoms with Gasteiger partial charge in [0.05, 0.1) is 7.11 Å². The fraction of sp³-hybridized carbons (Fsp3) is 0.409. The Morgan fingerprint density at radius 1 is 1.15 bits per heavy atom. The minimum atomic E-state index is -0.435. The molecule has 4 aromatic rings. The summed E-state index contributed by atoms with van der Waals surface area (Å²) in [5.74, 6) is 1.14. The second-order valence-corrected chi connectivity index (χ2v) is 8.19. The molecule has 1 aromatic carbocycles. The van der Waals surface area contributed by atoms with Crippen molar-refractivity contribution in [3.63, 3.8) is 0 Å². The normalized spacial score (nSPS) is 11.4. The van der Waals surface area contributed by atoms with E-state index in [-0.39, 0.29) is 28.7 Å². The predicted octanol–water partition coefficient (Wildman–Crippen LogP) is 3.13. The van der Waals surface area contributed by atoms with E-state index in [0.717, 1.165) is 12.8 Å². The molecule has 0 radical (unpaired) electrons. The summed E-state index contributed by atoms with van der Waals surface area (Å²) >= 11 is 5.96. The molecule has 0 bridgehead atoms. The number of ether oxygens (including phenoxy) is 1. The van der Waals surface area contributed by atoms with Gasteiger partial charge in [0.15, 0.2) is 28.5 Å². The lowest BCUT2D eigenvalue weighted by Gasteiger charge is -2.10. The molecule has 11 nitrogen and oxygen atoms in total. The first-order chi connectivity index (χ1) is 16.4. The largest absolute Gasteiger partial charge is 0.504 e. The highest BCUT2D eigenvalue weighted by Gasteiger charge is 2.17. The number of nitrogens with zero attached hydrogens (tertiary/aromatic N) is 5. The van der Waals surface area contributed by atoms with Crippen LogP contribution >= 0.6 is 11.6 Å². The zero-order chi connectivity index (χ0) is 24.2. The van der Waals surface area contributed by atoms with Crippen LogP contribution in [0.5, 0.6) is 11.5 Å². The van der Waals surface area contributed by atoms with Gasteiger partial charge < -0.3 is 19.4 Å². The Kier molecular flexibility index (Phi) is 7.01. The van der Waals surface area contributed by atoms with Gasteiger partial charge in [-0.3, -0.25) is 13.9 Å².